The van der Waals surface area contributed by atoms with Crippen LogP contribution in [0.25, 0.3) is 98.7 Å². The van der Waals surface area contributed by atoms with Crippen molar-refractivity contribution in [3.63, 3.8) is 0 Å². The molecule has 0 saturated carbocycles. The van der Waals surface area contributed by atoms with Crippen molar-refractivity contribution in [2.24, 2.45) is 11.8 Å². The Morgan fingerprint density at radius 1 is 0.227 bits per heavy atom. The Morgan fingerprint density at radius 3 is 0.924 bits per heavy atom. The Kier molecular flexibility index (Phi) is 9.10. The summed E-state index contributed by atoms with van der Waals surface area (Å²) in [6, 6.07) is 85.5. The van der Waals surface area contributed by atoms with Crippen LogP contribution in [0.15, 0.2) is 255 Å². The van der Waals surface area contributed by atoms with E-state index in [0.717, 1.165) is 0 Å². The van der Waals surface area contributed by atoms with Gasteiger partial charge in [0.2, 0.25) is 0 Å². The zero-order valence-corrected chi connectivity index (χ0v) is 36.4. The standard InChI is InChI=1S/C66H44/c1-3-19-51-43(15-1)17-13-29-53(51)45-31-35-47(36-32-45)63-55-21-5-9-25-59(55)65(60-26-10-6-22-56(60)63)49-39-41-50(42-40-49)66-61-27-11-7-23-57(61)64(58-24-8-12-28-62(58)66)48-37-33-46(34-38-48)54-30-14-18-44-16-2-4-20-52(44)54/h1-42,55,59H. The van der Waals surface area contributed by atoms with Gasteiger partial charge in [0.25, 0.3) is 0 Å². The van der Waals surface area contributed by atoms with Gasteiger partial charge >= 0.3 is 0 Å². The first-order valence-electron chi connectivity index (χ1n) is 23.2. The fourth-order valence-electron chi connectivity index (χ4n) is 11.3. The van der Waals surface area contributed by atoms with E-state index in [-0.39, 0.29) is 11.8 Å². The van der Waals surface area contributed by atoms with E-state index in [1.807, 2.05) is 0 Å². The van der Waals surface area contributed by atoms with Gasteiger partial charge in [0.15, 0.2) is 0 Å². The SMILES string of the molecule is C1=CC2C(c3ccc(-c4cccc5ccccc45)cc3)=c3ccccc3=C(c3ccc(-c4c5ccccc5c(-c5ccc(-c6cccc7ccccc67)cc5)c5ccccc45)cc3)C2C=C1. The number of fused-ring (bicyclic) bond motifs is 6. The predicted molar refractivity (Wildman–Crippen MR) is 281 cm³/mol. The molecule has 13 rings (SSSR count). The highest BCUT2D eigenvalue weighted by atomic mass is 14.3. The molecule has 2 aliphatic rings. The van der Waals surface area contributed by atoms with Gasteiger partial charge in [0.1, 0.15) is 0 Å². The molecule has 0 aromatic heterocycles. The number of rotatable bonds is 6. The molecule has 0 aliphatic heterocycles. The van der Waals surface area contributed by atoms with Crippen molar-refractivity contribution < 1.29 is 0 Å². The molecule has 0 N–H and O–H groups in total. The molecular formula is C66H44. The van der Waals surface area contributed by atoms with E-state index >= 15 is 0 Å². The van der Waals surface area contributed by atoms with Gasteiger partial charge in [-0.2, -0.15) is 0 Å². The molecule has 308 valence electrons. The molecule has 2 atom stereocenters. The third kappa shape index (κ3) is 6.21. The van der Waals surface area contributed by atoms with Crippen molar-refractivity contribution in [2.45, 2.75) is 0 Å². The first kappa shape index (κ1) is 38.2. The molecule has 0 saturated heterocycles. The van der Waals surface area contributed by atoms with Crippen molar-refractivity contribution in [2.75, 3.05) is 0 Å². The topological polar surface area (TPSA) is 0 Å². The van der Waals surface area contributed by atoms with Crippen molar-refractivity contribution in [3.05, 3.63) is 276 Å². The second kappa shape index (κ2) is 15.7. The lowest BCUT2D eigenvalue weighted by Crippen LogP contribution is -2.40. The van der Waals surface area contributed by atoms with Crippen LogP contribution in [0.5, 0.6) is 0 Å². The number of benzene rings is 11. The van der Waals surface area contributed by atoms with E-state index in [1.54, 1.807) is 0 Å². The van der Waals surface area contributed by atoms with Gasteiger partial charge in [-0.3, -0.25) is 0 Å². The van der Waals surface area contributed by atoms with Crippen LogP contribution in [0.2, 0.25) is 0 Å². The average Bonchev–Trinajstić information content (AvgIpc) is 3.39. The molecule has 2 unspecified atom stereocenters. The minimum Gasteiger partial charge on any atom is -0.0760 e. The zero-order chi connectivity index (χ0) is 43.6. The number of hydrogen-bond donors (Lipinski definition) is 0. The summed E-state index contributed by atoms with van der Waals surface area (Å²) in [5, 5.41) is 12.8. The lowest BCUT2D eigenvalue weighted by Gasteiger charge is -2.33. The van der Waals surface area contributed by atoms with Gasteiger partial charge in [-0.1, -0.05) is 255 Å². The van der Waals surface area contributed by atoms with Crippen LogP contribution in [-0.4, -0.2) is 0 Å². The first-order valence-corrected chi connectivity index (χ1v) is 23.2. The second-order valence-corrected chi connectivity index (χ2v) is 17.8. The van der Waals surface area contributed by atoms with Gasteiger partial charge < -0.3 is 0 Å². The maximum atomic E-state index is 2.42. The Balaban J connectivity index is 0.921. The van der Waals surface area contributed by atoms with Gasteiger partial charge in [-0.05, 0) is 120 Å². The average molecular weight is 837 g/mol. The lowest BCUT2D eigenvalue weighted by molar-refractivity contribution is 0.686. The smallest absolute Gasteiger partial charge is 0.0137 e. The molecule has 0 nitrogen and oxygen atoms in total. The van der Waals surface area contributed by atoms with E-state index < -0.39 is 0 Å². The maximum absolute atomic E-state index is 2.42. The Morgan fingerprint density at radius 2 is 0.530 bits per heavy atom. The molecule has 11 aromatic carbocycles. The van der Waals surface area contributed by atoms with Gasteiger partial charge in [0.05, 0.1) is 0 Å². The van der Waals surface area contributed by atoms with E-state index in [4.69, 9.17) is 0 Å². The highest BCUT2D eigenvalue weighted by Gasteiger charge is 2.32. The summed E-state index contributed by atoms with van der Waals surface area (Å²) in [5.41, 5.74) is 15.3. The zero-order valence-electron chi connectivity index (χ0n) is 36.4. The summed E-state index contributed by atoms with van der Waals surface area (Å²) < 4.78 is 0. The highest BCUT2D eigenvalue weighted by Crippen LogP contribution is 2.46. The molecule has 0 bridgehead atoms. The molecule has 11 aromatic rings. The summed E-state index contributed by atoms with van der Waals surface area (Å²) in [6.45, 7) is 0. The van der Waals surface area contributed by atoms with Crippen LogP contribution in [0.1, 0.15) is 11.1 Å². The van der Waals surface area contributed by atoms with Crippen LogP contribution >= 0.6 is 0 Å². The van der Waals surface area contributed by atoms with Gasteiger partial charge in [0, 0.05) is 11.8 Å². The van der Waals surface area contributed by atoms with Crippen LogP contribution in [0.4, 0.5) is 0 Å². The fourth-order valence-corrected chi connectivity index (χ4v) is 11.3. The molecular weight excluding hydrogens is 793 g/mol. The molecule has 66 heavy (non-hydrogen) atoms. The summed E-state index contributed by atoms with van der Waals surface area (Å²) in [6.07, 6.45) is 9.31. The Bertz CT molecular complexity index is 3830. The number of hydrogen-bond acceptors (Lipinski definition) is 0. The minimum atomic E-state index is 0.205. The van der Waals surface area contributed by atoms with Crippen molar-refractivity contribution >= 4 is 54.2 Å². The number of allylic oxidation sites excluding steroid dienone is 4. The summed E-state index contributed by atoms with van der Waals surface area (Å²) in [7, 11) is 0. The predicted octanol–water partition coefficient (Wildman–Crippen LogP) is 15.7. The van der Waals surface area contributed by atoms with Crippen molar-refractivity contribution in [1.82, 2.24) is 0 Å². The Labute approximate surface area is 385 Å². The van der Waals surface area contributed by atoms with Gasteiger partial charge in [-0.25, -0.2) is 0 Å². The first-order chi connectivity index (χ1) is 32.8. The minimum absolute atomic E-state index is 0.205. The summed E-state index contributed by atoms with van der Waals surface area (Å²) in [5.74, 6) is 0.418. The molecule has 0 spiro atoms. The fraction of sp³-hybridized carbons (Fsp3) is 0.0303. The molecule has 0 fully saturated rings. The highest BCUT2D eigenvalue weighted by molar-refractivity contribution is 6.21. The monoisotopic (exact) mass is 836 g/mol. The van der Waals surface area contributed by atoms with E-state index in [0.29, 0.717) is 0 Å². The quantitative estimate of drug-likeness (QED) is 0.146. The molecule has 2 aliphatic carbocycles. The third-order valence-electron chi connectivity index (χ3n) is 14.3. The van der Waals surface area contributed by atoms with Crippen molar-refractivity contribution in [3.8, 4) is 44.5 Å². The van der Waals surface area contributed by atoms with E-state index in [2.05, 4.69) is 255 Å². The van der Waals surface area contributed by atoms with Crippen LogP contribution in [0, 0.1) is 11.8 Å². The summed E-state index contributed by atoms with van der Waals surface area (Å²) in [4.78, 5) is 0. The van der Waals surface area contributed by atoms with Crippen LogP contribution in [-0.2, 0) is 0 Å². The molecule has 0 heteroatoms. The van der Waals surface area contributed by atoms with Gasteiger partial charge in [-0.15, -0.1) is 0 Å². The molecule has 0 amide bonds. The van der Waals surface area contributed by atoms with Crippen LogP contribution < -0.4 is 10.4 Å². The van der Waals surface area contributed by atoms with Crippen molar-refractivity contribution in [1.29, 1.82) is 0 Å². The largest absolute Gasteiger partial charge is 0.0760 e. The van der Waals surface area contributed by atoms with E-state index in [9.17, 15) is 0 Å². The normalized spacial score (nSPS) is 15.4. The molecule has 0 heterocycles. The van der Waals surface area contributed by atoms with Crippen LogP contribution in [0.3, 0.4) is 0 Å². The maximum Gasteiger partial charge on any atom is 0.0137 e. The Hall–Kier alpha value is -8.32. The third-order valence-corrected chi connectivity index (χ3v) is 14.3. The lowest BCUT2D eigenvalue weighted by atomic mass is 9.70. The molecule has 0 radical (unpaired) electrons. The summed E-state index contributed by atoms with van der Waals surface area (Å²) >= 11 is 0. The van der Waals surface area contributed by atoms with E-state index in [1.165, 1.54) is 120 Å². The second-order valence-electron chi connectivity index (χ2n) is 17.8.